The van der Waals surface area contributed by atoms with Crippen LogP contribution in [0.3, 0.4) is 0 Å². The summed E-state index contributed by atoms with van der Waals surface area (Å²) < 4.78 is 0. The molecule has 5 rings (SSSR count). The second-order valence-electron chi connectivity index (χ2n) is 15.4. The smallest absolute Gasteiger partial charge is 0.237 e. The van der Waals surface area contributed by atoms with Crippen molar-refractivity contribution in [2.75, 3.05) is 0 Å². The number of fused-ring (bicyclic) bond motifs is 2. The number of benzene rings is 2. The van der Waals surface area contributed by atoms with E-state index in [1.165, 1.54) is 0 Å². The van der Waals surface area contributed by atoms with Gasteiger partial charge in [0, 0.05) is 36.2 Å². The molecule has 0 radical (unpaired) electrons. The first-order valence-corrected chi connectivity index (χ1v) is 18.4. The number of carbonyl (C=O) groups is 4. The van der Waals surface area contributed by atoms with Crippen LogP contribution in [0.15, 0.2) is 66.7 Å². The zero-order valence-electron chi connectivity index (χ0n) is 30.0. The van der Waals surface area contributed by atoms with E-state index in [2.05, 4.69) is 20.9 Å². The molecule has 2 fully saturated rings. The van der Waals surface area contributed by atoms with Crippen molar-refractivity contribution in [3.8, 4) is 0 Å². The third-order valence-electron chi connectivity index (χ3n) is 10.4. The molecule has 0 bridgehead atoms. The van der Waals surface area contributed by atoms with Gasteiger partial charge in [0.15, 0.2) is 5.78 Å². The maximum Gasteiger partial charge on any atom is 0.237 e. The molecular formula is C41H54N4O5. The van der Waals surface area contributed by atoms with Crippen LogP contribution in [0.4, 0.5) is 0 Å². The van der Waals surface area contributed by atoms with E-state index in [9.17, 15) is 24.3 Å². The lowest BCUT2D eigenvalue weighted by molar-refractivity contribution is -0.130. The third kappa shape index (κ3) is 10.1. The molecule has 1 aliphatic heterocycles. The van der Waals surface area contributed by atoms with Gasteiger partial charge in [0.1, 0.15) is 11.5 Å². The number of aromatic nitrogens is 1. The van der Waals surface area contributed by atoms with Crippen molar-refractivity contribution in [1.29, 1.82) is 0 Å². The summed E-state index contributed by atoms with van der Waals surface area (Å²) in [5.74, 6) is -1.08. The van der Waals surface area contributed by atoms with Crippen LogP contribution in [0.1, 0.15) is 102 Å². The van der Waals surface area contributed by atoms with Crippen LogP contribution in [-0.2, 0) is 20.8 Å². The molecule has 0 spiro atoms. The van der Waals surface area contributed by atoms with Gasteiger partial charge in [-0.3, -0.25) is 19.2 Å². The summed E-state index contributed by atoms with van der Waals surface area (Å²) in [6, 6.07) is 19.6. The Kier molecular flexibility index (Phi) is 12.6. The van der Waals surface area contributed by atoms with Crippen LogP contribution in [0.2, 0.25) is 0 Å². The van der Waals surface area contributed by atoms with E-state index in [1.54, 1.807) is 13.0 Å². The number of piperidine rings is 1. The van der Waals surface area contributed by atoms with Gasteiger partial charge in [-0.1, -0.05) is 80.8 Å². The highest BCUT2D eigenvalue weighted by Gasteiger charge is 2.43. The molecule has 4 N–H and O–H groups in total. The Morgan fingerprint density at radius 3 is 2.40 bits per heavy atom. The van der Waals surface area contributed by atoms with Gasteiger partial charge >= 0.3 is 0 Å². The predicted molar refractivity (Wildman–Crippen MR) is 195 cm³/mol. The van der Waals surface area contributed by atoms with Crippen molar-refractivity contribution < 1.29 is 24.3 Å². The number of nitrogens with one attached hydrogen (secondary N) is 3. The minimum atomic E-state index is -0.941. The monoisotopic (exact) mass is 682 g/mol. The molecule has 3 aromatic rings. The van der Waals surface area contributed by atoms with Crippen LogP contribution in [-0.4, -0.2) is 63.2 Å². The van der Waals surface area contributed by atoms with Crippen LogP contribution in [0, 0.1) is 17.8 Å². The predicted octanol–water partition coefficient (Wildman–Crippen LogP) is 5.72. The zero-order chi connectivity index (χ0) is 35.8. The van der Waals surface area contributed by atoms with Gasteiger partial charge in [-0.25, -0.2) is 4.98 Å². The molecule has 9 nitrogen and oxygen atoms in total. The molecule has 268 valence electrons. The summed E-state index contributed by atoms with van der Waals surface area (Å²) in [4.78, 5) is 58.1. The summed E-state index contributed by atoms with van der Waals surface area (Å²) in [6.07, 6.45) is 4.92. The molecule has 1 saturated carbocycles. The number of aliphatic hydroxyl groups excluding tert-OH is 1. The standard InChI is InChI=1S/C41H54N4O5/c1-5-30(46)22-29(24-37(47)33-20-19-27-15-10-12-18-32(27)42-33)39(49)44-35(21-26-13-7-6-8-14-26)38(48)25-34-31-17-11-9-16-28(31)23-36(43-34)40(50)45-41(2,3)4/h6-8,10,12-15,18-20,28-29,31,34-36,38,43,48H,5,9,11,16-17,21-25H2,1-4H3,(H,44,49)(H,45,50)/t28-,29-,31-,34?,35+,36+,38-/m1/s1. The number of aliphatic hydroxyl groups is 1. The second-order valence-corrected chi connectivity index (χ2v) is 15.4. The quantitative estimate of drug-likeness (QED) is 0.160. The fourth-order valence-corrected chi connectivity index (χ4v) is 7.80. The van der Waals surface area contributed by atoms with Crippen molar-refractivity contribution >= 4 is 34.3 Å². The Morgan fingerprint density at radius 1 is 0.940 bits per heavy atom. The van der Waals surface area contributed by atoms with Gasteiger partial charge in [-0.05, 0) is 76.0 Å². The topological polar surface area (TPSA) is 137 Å². The van der Waals surface area contributed by atoms with Crippen LogP contribution in [0.25, 0.3) is 10.9 Å². The number of hydrogen-bond acceptors (Lipinski definition) is 7. The summed E-state index contributed by atoms with van der Waals surface area (Å²) in [7, 11) is 0. The van der Waals surface area contributed by atoms with E-state index >= 15 is 0 Å². The van der Waals surface area contributed by atoms with Crippen LogP contribution < -0.4 is 16.0 Å². The average molecular weight is 683 g/mol. The first-order valence-electron chi connectivity index (χ1n) is 18.4. The number of Topliss-reactive ketones (excluding diaryl/α,β-unsaturated/α-hetero) is 2. The number of hydrogen-bond donors (Lipinski definition) is 4. The highest BCUT2D eigenvalue weighted by molar-refractivity contribution is 5.99. The highest BCUT2D eigenvalue weighted by atomic mass is 16.3. The molecule has 1 aromatic heterocycles. The number of ketones is 2. The van der Waals surface area contributed by atoms with Gasteiger partial charge in [0.25, 0.3) is 0 Å². The molecule has 50 heavy (non-hydrogen) atoms. The van der Waals surface area contributed by atoms with E-state index in [0.29, 0.717) is 30.2 Å². The number of pyridine rings is 1. The molecule has 2 heterocycles. The van der Waals surface area contributed by atoms with E-state index in [-0.39, 0.29) is 60.1 Å². The van der Waals surface area contributed by atoms with Gasteiger partial charge in [0.2, 0.25) is 11.8 Å². The fraction of sp³-hybridized carbons (Fsp3) is 0.537. The van der Waals surface area contributed by atoms with Crippen LogP contribution >= 0.6 is 0 Å². The largest absolute Gasteiger partial charge is 0.391 e. The summed E-state index contributed by atoms with van der Waals surface area (Å²) in [5, 5.41) is 22.7. The normalized spacial score (nSPS) is 22.5. The Labute approximate surface area is 296 Å². The molecule has 2 amide bonds. The van der Waals surface area contributed by atoms with Gasteiger partial charge in [0.05, 0.1) is 29.6 Å². The number of rotatable bonds is 14. The average Bonchev–Trinajstić information content (AvgIpc) is 3.10. The molecule has 9 heteroatoms. The Bertz CT molecular complexity index is 1640. The number of carbonyl (C=O) groups excluding carboxylic acids is 4. The van der Waals surface area contributed by atoms with Gasteiger partial charge in [-0.2, -0.15) is 0 Å². The van der Waals surface area contributed by atoms with E-state index in [0.717, 1.165) is 43.1 Å². The first kappa shape index (κ1) is 37.3. The Balaban J connectivity index is 1.35. The highest BCUT2D eigenvalue weighted by Crippen LogP contribution is 2.40. The minimum Gasteiger partial charge on any atom is -0.391 e. The summed E-state index contributed by atoms with van der Waals surface area (Å²) in [5.41, 5.74) is 1.53. The van der Waals surface area contributed by atoms with E-state index in [4.69, 9.17) is 0 Å². The molecule has 2 aliphatic rings. The molecule has 1 aliphatic carbocycles. The van der Waals surface area contributed by atoms with Crippen molar-refractivity contribution in [3.63, 3.8) is 0 Å². The Morgan fingerprint density at radius 2 is 1.66 bits per heavy atom. The number of nitrogens with zero attached hydrogens (tertiary/aromatic N) is 1. The maximum atomic E-state index is 14.1. The second kappa shape index (κ2) is 16.8. The molecule has 7 atom stereocenters. The van der Waals surface area contributed by atoms with E-state index in [1.807, 2.05) is 81.4 Å². The number of para-hydroxylation sites is 1. The lowest BCUT2D eigenvalue weighted by Crippen LogP contribution is -2.61. The van der Waals surface area contributed by atoms with Crippen LogP contribution in [0.5, 0.6) is 0 Å². The molecular weight excluding hydrogens is 628 g/mol. The molecule has 2 aromatic carbocycles. The number of amides is 2. The SMILES string of the molecule is CCC(=O)C[C@H](CC(=O)c1ccc2ccccc2n1)C(=O)N[C@@H](Cc1ccccc1)[C@H](O)CC1N[C@H](C(=O)NC(C)(C)C)C[C@H]2CCCC[C@@H]12. The van der Waals surface area contributed by atoms with Crippen molar-refractivity contribution in [3.05, 3.63) is 78.0 Å². The van der Waals surface area contributed by atoms with Gasteiger partial charge in [-0.15, -0.1) is 0 Å². The molecule has 1 saturated heterocycles. The lowest BCUT2D eigenvalue weighted by atomic mass is 9.68. The van der Waals surface area contributed by atoms with Crippen molar-refractivity contribution in [2.45, 2.75) is 122 Å². The van der Waals surface area contributed by atoms with Gasteiger partial charge < -0.3 is 21.1 Å². The lowest BCUT2D eigenvalue weighted by Gasteiger charge is -2.46. The summed E-state index contributed by atoms with van der Waals surface area (Å²) in [6.45, 7) is 7.67. The van der Waals surface area contributed by atoms with Crippen molar-refractivity contribution in [1.82, 2.24) is 20.9 Å². The third-order valence-corrected chi connectivity index (χ3v) is 10.4. The summed E-state index contributed by atoms with van der Waals surface area (Å²) >= 11 is 0. The first-order chi connectivity index (χ1) is 23.9. The maximum absolute atomic E-state index is 14.1. The Hall–Kier alpha value is -3.95. The zero-order valence-corrected chi connectivity index (χ0v) is 30.0. The van der Waals surface area contributed by atoms with E-state index < -0.39 is 24.0 Å². The fourth-order valence-electron chi connectivity index (χ4n) is 7.80. The minimum absolute atomic E-state index is 0.0239. The molecule has 1 unspecified atom stereocenters. The van der Waals surface area contributed by atoms with Crippen molar-refractivity contribution in [2.24, 2.45) is 17.8 Å².